The zero-order chi connectivity index (χ0) is 14.5. The Morgan fingerprint density at radius 2 is 1.53 bits per heavy atom. The van der Waals surface area contributed by atoms with Gasteiger partial charge in [0.15, 0.2) is 0 Å². The molecule has 0 heterocycles. The molecule has 0 bridgehead atoms. The largest absolute Gasteiger partial charge is 0.480 e. The smallest absolute Gasteiger partial charge is 0.320 e. The second-order valence-electron chi connectivity index (χ2n) is 5.63. The standard InChI is InChI=1S/C16H33NO2/c1-4-6-7-8-9-10-11-12-13-17-15(16(18)19)14(3)5-2/h14-15,17H,4-13H2,1-3H3,(H,18,19)/t14-,15-/m0/s1. The summed E-state index contributed by atoms with van der Waals surface area (Å²) in [6.07, 6.45) is 11.2. The van der Waals surface area contributed by atoms with Crippen LogP contribution < -0.4 is 5.32 Å². The van der Waals surface area contributed by atoms with Crippen LogP contribution in [0.15, 0.2) is 0 Å². The third kappa shape index (κ3) is 9.94. The lowest BCUT2D eigenvalue weighted by atomic mass is 9.99. The SMILES string of the molecule is CCCCCCCCCCN[C@H](C(=O)O)[C@@H](C)CC. The number of nitrogens with one attached hydrogen (secondary N) is 1. The van der Waals surface area contributed by atoms with Crippen LogP contribution >= 0.6 is 0 Å². The molecule has 0 fully saturated rings. The van der Waals surface area contributed by atoms with E-state index in [-0.39, 0.29) is 12.0 Å². The highest BCUT2D eigenvalue weighted by Gasteiger charge is 2.21. The van der Waals surface area contributed by atoms with Gasteiger partial charge in [-0.3, -0.25) is 4.79 Å². The average Bonchev–Trinajstić information content (AvgIpc) is 2.40. The van der Waals surface area contributed by atoms with Gasteiger partial charge in [-0.05, 0) is 18.9 Å². The summed E-state index contributed by atoms with van der Waals surface area (Å²) in [6, 6.07) is -0.380. The highest BCUT2D eigenvalue weighted by atomic mass is 16.4. The maximum Gasteiger partial charge on any atom is 0.320 e. The van der Waals surface area contributed by atoms with E-state index in [0.717, 1.165) is 19.4 Å². The second-order valence-corrected chi connectivity index (χ2v) is 5.63. The highest BCUT2D eigenvalue weighted by molar-refractivity contribution is 5.73. The van der Waals surface area contributed by atoms with Crippen LogP contribution in [0.25, 0.3) is 0 Å². The molecule has 0 aliphatic carbocycles. The first-order valence-corrected chi connectivity index (χ1v) is 8.09. The first kappa shape index (κ1) is 18.4. The van der Waals surface area contributed by atoms with Gasteiger partial charge in [-0.1, -0.05) is 72.1 Å². The number of carbonyl (C=O) groups is 1. The lowest BCUT2D eigenvalue weighted by Gasteiger charge is -2.20. The number of unbranched alkanes of at least 4 members (excludes halogenated alkanes) is 7. The molecule has 0 unspecified atom stereocenters. The number of rotatable bonds is 13. The van der Waals surface area contributed by atoms with E-state index in [2.05, 4.69) is 12.2 Å². The van der Waals surface area contributed by atoms with Crippen LogP contribution in [0.4, 0.5) is 0 Å². The lowest BCUT2D eigenvalue weighted by molar-refractivity contribution is -0.140. The van der Waals surface area contributed by atoms with Crippen LogP contribution in [0.5, 0.6) is 0 Å². The summed E-state index contributed by atoms with van der Waals surface area (Å²) in [5.74, 6) is -0.513. The van der Waals surface area contributed by atoms with Crippen molar-refractivity contribution in [1.29, 1.82) is 0 Å². The minimum Gasteiger partial charge on any atom is -0.480 e. The Bertz CT molecular complexity index is 219. The molecule has 0 saturated carbocycles. The summed E-state index contributed by atoms with van der Waals surface area (Å²) >= 11 is 0. The molecule has 0 aliphatic heterocycles. The van der Waals surface area contributed by atoms with Crippen molar-refractivity contribution in [1.82, 2.24) is 5.32 Å². The van der Waals surface area contributed by atoms with Crippen LogP contribution in [-0.4, -0.2) is 23.7 Å². The average molecular weight is 271 g/mol. The molecule has 0 amide bonds. The first-order valence-electron chi connectivity index (χ1n) is 8.09. The van der Waals surface area contributed by atoms with E-state index in [9.17, 15) is 4.79 Å². The summed E-state index contributed by atoms with van der Waals surface area (Å²) in [5.41, 5.74) is 0. The van der Waals surface area contributed by atoms with Gasteiger partial charge < -0.3 is 10.4 Å². The number of aliphatic carboxylic acids is 1. The third-order valence-corrected chi connectivity index (χ3v) is 3.87. The highest BCUT2D eigenvalue weighted by Crippen LogP contribution is 2.10. The van der Waals surface area contributed by atoms with Gasteiger partial charge in [0.2, 0.25) is 0 Å². The van der Waals surface area contributed by atoms with Crippen LogP contribution in [0.3, 0.4) is 0 Å². The van der Waals surface area contributed by atoms with Crippen molar-refractivity contribution in [3.8, 4) is 0 Å². The molecule has 2 atom stereocenters. The van der Waals surface area contributed by atoms with Crippen molar-refractivity contribution in [2.75, 3.05) is 6.54 Å². The lowest BCUT2D eigenvalue weighted by Crippen LogP contribution is -2.42. The quantitative estimate of drug-likeness (QED) is 0.493. The molecular formula is C16H33NO2. The van der Waals surface area contributed by atoms with E-state index >= 15 is 0 Å². The topological polar surface area (TPSA) is 49.3 Å². The molecule has 0 radical (unpaired) electrons. The molecule has 0 saturated heterocycles. The van der Waals surface area contributed by atoms with Crippen molar-refractivity contribution in [3.63, 3.8) is 0 Å². The van der Waals surface area contributed by atoms with Crippen molar-refractivity contribution >= 4 is 5.97 Å². The Kier molecular flexibility index (Phi) is 12.1. The van der Waals surface area contributed by atoms with Crippen LogP contribution in [0.1, 0.15) is 78.6 Å². The third-order valence-electron chi connectivity index (χ3n) is 3.87. The Morgan fingerprint density at radius 1 is 1.00 bits per heavy atom. The van der Waals surface area contributed by atoms with E-state index in [1.165, 1.54) is 44.9 Å². The van der Waals surface area contributed by atoms with Gasteiger partial charge in [0.05, 0.1) is 0 Å². The van der Waals surface area contributed by atoms with Gasteiger partial charge in [-0.2, -0.15) is 0 Å². The van der Waals surface area contributed by atoms with Gasteiger partial charge in [0.25, 0.3) is 0 Å². The fraction of sp³-hybridized carbons (Fsp3) is 0.938. The minimum atomic E-state index is -0.714. The zero-order valence-electron chi connectivity index (χ0n) is 13.1. The maximum absolute atomic E-state index is 11.1. The molecule has 114 valence electrons. The summed E-state index contributed by atoms with van der Waals surface area (Å²) in [7, 11) is 0. The monoisotopic (exact) mass is 271 g/mol. The number of hydrogen-bond donors (Lipinski definition) is 2. The molecule has 0 aromatic heterocycles. The molecule has 0 aromatic carbocycles. The van der Waals surface area contributed by atoms with Crippen LogP contribution in [-0.2, 0) is 4.79 Å². The van der Waals surface area contributed by atoms with E-state index in [1.807, 2.05) is 13.8 Å². The van der Waals surface area contributed by atoms with Gasteiger partial charge >= 0.3 is 5.97 Å². The van der Waals surface area contributed by atoms with Crippen molar-refractivity contribution in [2.45, 2.75) is 84.6 Å². The Balaban J connectivity index is 3.48. The normalized spacial score (nSPS) is 14.3. The van der Waals surface area contributed by atoms with Crippen LogP contribution in [0, 0.1) is 5.92 Å². The van der Waals surface area contributed by atoms with Crippen LogP contribution in [0.2, 0.25) is 0 Å². The van der Waals surface area contributed by atoms with Gasteiger partial charge in [-0.25, -0.2) is 0 Å². The molecule has 0 spiro atoms. The molecular weight excluding hydrogens is 238 g/mol. The molecule has 0 aromatic rings. The molecule has 3 heteroatoms. The summed E-state index contributed by atoms with van der Waals surface area (Å²) < 4.78 is 0. The van der Waals surface area contributed by atoms with E-state index < -0.39 is 5.97 Å². The van der Waals surface area contributed by atoms with E-state index in [4.69, 9.17) is 5.11 Å². The molecule has 3 nitrogen and oxygen atoms in total. The minimum absolute atomic E-state index is 0.201. The van der Waals surface area contributed by atoms with Gasteiger partial charge in [0.1, 0.15) is 6.04 Å². The maximum atomic E-state index is 11.1. The molecule has 0 aliphatic rings. The number of hydrogen-bond acceptors (Lipinski definition) is 2. The Hall–Kier alpha value is -0.570. The molecule has 19 heavy (non-hydrogen) atoms. The second kappa shape index (κ2) is 12.5. The van der Waals surface area contributed by atoms with Gasteiger partial charge in [-0.15, -0.1) is 0 Å². The van der Waals surface area contributed by atoms with Gasteiger partial charge in [0, 0.05) is 0 Å². The number of carboxylic acid groups (broad SMARTS) is 1. The Morgan fingerprint density at radius 3 is 2.00 bits per heavy atom. The van der Waals surface area contributed by atoms with Crippen molar-refractivity contribution < 1.29 is 9.90 Å². The summed E-state index contributed by atoms with van der Waals surface area (Å²) in [4.78, 5) is 11.1. The predicted molar refractivity (Wildman–Crippen MR) is 81.5 cm³/mol. The summed E-state index contributed by atoms with van der Waals surface area (Å²) in [6.45, 7) is 7.11. The van der Waals surface area contributed by atoms with Crippen molar-refractivity contribution in [2.24, 2.45) is 5.92 Å². The summed E-state index contributed by atoms with van der Waals surface area (Å²) in [5, 5.41) is 12.3. The number of carboxylic acids is 1. The Labute approximate surface area is 119 Å². The molecule has 2 N–H and O–H groups in total. The van der Waals surface area contributed by atoms with Crippen molar-refractivity contribution in [3.05, 3.63) is 0 Å². The first-order chi connectivity index (χ1) is 9.13. The predicted octanol–water partition coefficient (Wildman–Crippen LogP) is 4.22. The fourth-order valence-corrected chi connectivity index (χ4v) is 2.28. The van der Waals surface area contributed by atoms with E-state index in [1.54, 1.807) is 0 Å². The molecule has 0 rings (SSSR count). The fourth-order valence-electron chi connectivity index (χ4n) is 2.28. The zero-order valence-corrected chi connectivity index (χ0v) is 13.1. The van der Waals surface area contributed by atoms with E-state index in [0.29, 0.717) is 0 Å².